The van der Waals surface area contributed by atoms with E-state index in [1.165, 1.54) is 9.80 Å². The number of hydrogen-bond acceptors (Lipinski definition) is 7. The monoisotopic (exact) mass is 688 g/mol. The van der Waals surface area contributed by atoms with Crippen LogP contribution in [-0.2, 0) is 17.6 Å². The fourth-order valence-corrected chi connectivity index (χ4v) is 6.76. The van der Waals surface area contributed by atoms with E-state index in [2.05, 4.69) is 15.9 Å². The summed E-state index contributed by atoms with van der Waals surface area (Å²) < 4.78 is 6.79. The molecular weight excluding hydrogens is 648 g/mol. The number of benzene rings is 3. The lowest BCUT2D eigenvalue weighted by molar-refractivity contribution is -0.119. The molecule has 1 aromatic heterocycles. The van der Waals surface area contributed by atoms with Crippen LogP contribution < -0.4 is 21.3 Å². The molecule has 0 aliphatic carbocycles. The van der Waals surface area contributed by atoms with Gasteiger partial charge < -0.3 is 21.0 Å². The van der Waals surface area contributed by atoms with E-state index in [0.717, 1.165) is 10.9 Å². The largest absolute Gasteiger partial charge is 0.439 e. The molecule has 2 heterocycles. The van der Waals surface area contributed by atoms with Crippen molar-refractivity contribution in [3.05, 3.63) is 86.9 Å². The molecule has 5 N–H and O–H groups in total. The van der Waals surface area contributed by atoms with Gasteiger partial charge >= 0.3 is 0 Å². The van der Waals surface area contributed by atoms with E-state index in [9.17, 15) is 19.5 Å². The van der Waals surface area contributed by atoms with E-state index in [1.807, 2.05) is 69.3 Å². The van der Waals surface area contributed by atoms with Crippen molar-refractivity contribution < 1.29 is 23.9 Å². The van der Waals surface area contributed by atoms with Gasteiger partial charge in [-0.25, -0.2) is 0 Å². The third kappa shape index (κ3) is 6.02. The highest BCUT2D eigenvalue weighted by molar-refractivity contribution is 9.10. The number of aliphatic hydroxyl groups excluding tert-OH is 1. The molecule has 10 heteroatoms. The summed E-state index contributed by atoms with van der Waals surface area (Å²) in [6.07, 6.45) is 0.177. The van der Waals surface area contributed by atoms with Crippen molar-refractivity contribution >= 4 is 61.8 Å². The van der Waals surface area contributed by atoms with E-state index < -0.39 is 18.2 Å². The first-order valence-electron chi connectivity index (χ1n) is 15.7. The van der Waals surface area contributed by atoms with Crippen molar-refractivity contribution in [3.8, 4) is 0 Å². The minimum absolute atomic E-state index is 0.0512. The normalized spacial score (nSPS) is 16.3. The number of aryl methyl sites for hydroxylation is 1. The molecule has 1 aliphatic rings. The second-order valence-corrected chi connectivity index (χ2v) is 13.1. The second kappa shape index (κ2) is 13.5. The van der Waals surface area contributed by atoms with Crippen molar-refractivity contribution in [2.24, 2.45) is 17.4 Å². The van der Waals surface area contributed by atoms with Gasteiger partial charge in [0.05, 0.1) is 34.0 Å². The lowest BCUT2D eigenvalue weighted by Gasteiger charge is -2.32. The third-order valence-electron chi connectivity index (χ3n) is 8.69. The molecule has 0 saturated carbocycles. The van der Waals surface area contributed by atoms with Crippen molar-refractivity contribution in [2.45, 2.75) is 72.1 Å². The average Bonchev–Trinajstić information content (AvgIpc) is 3.30. The fourth-order valence-electron chi connectivity index (χ4n) is 6.14. The molecule has 2 unspecified atom stereocenters. The van der Waals surface area contributed by atoms with Crippen molar-refractivity contribution in [1.82, 2.24) is 0 Å². The number of Topliss-reactive ketones (excluding diaryl/α,β-unsaturated/α-hetero) is 1. The molecule has 1 aliphatic heterocycles. The second-order valence-electron chi connectivity index (χ2n) is 12.3. The predicted molar refractivity (Wildman–Crippen MR) is 185 cm³/mol. The Morgan fingerprint density at radius 1 is 1.13 bits per heavy atom. The summed E-state index contributed by atoms with van der Waals surface area (Å²) in [5.41, 5.74) is 16.6. The molecule has 46 heavy (non-hydrogen) atoms. The molecule has 4 aromatic rings. The van der Waals surface area contributed by atoms with Gasteiger partial charge in [0.1, 0.15) is 5.58 Å². The molecule has 0 spiro atoms. The molecule has 9 nitrogen and oxygen atoms in total. The first-order chi connectivity index (χ1) is 21.9. The number of amides is 2. The summed E-state index contributed by atoms with van der Waals surface area (Å²) in [7, 11) is 0. The Morgan fingerprint density at radius 2 is 1.80 bits per heavy atom. The number of furan rings is 1. The number of fused-ring (bicyclic) bond motifs is 2. The molecule has 0 bridgehead atoms. The number of carbonyl (C=O) groups is 3. The summed E-state index contributed by atoms with van der Waals surface area (Å²) >= 11 is 3.63. The minimum atomic E-state index is -0.892. The number of rotatable bonds is 9. The maximum Gasteiger partial charge on any atom is 0.260 e. The number of nitrogens with two attached hydrogens (primary N) is 2. The predicted octanol–water partition coefficient (Wildman–Crippen LogP) is 6.20. The van der Waals surface area contributed by atoms with Gasteiger partial charge in [-0.05, 0) is 103 Å². The highest BCUT2D eigenvalue weighted by atomic mass is 79.9. The van der Waals surface area contributed by atoms with E-state index in [-0.39, 0.29) is 53.3 Å². The Hall–Kier alpha value is -3.83. The first kappa shape index (κ1) is 33.5. The maximum atomic E-state index is 14.6. The average molecular weight is 690 g/mol. The van der Waals surface area contributed by atoms with Crippen LogP contribution in [0.5, 0.6) is 0 Å². The van der Waals surface area contributed by atoms with Crippen LogP contribution in [0, 0.1) is 12.8 Å². The summed E-state index contributed by atoms with van der Waals surface area (Å²) in [6.45, 7) is 9.18. The third-order valence-corrected chi connectivity index (χ3v) is 9.46. The lowest BCUT2D eigenvalue weighted by Crippen LogP contribution is -2.43. The molecule has 242 valence electrons. The topological polar surface area (TPSA) is 143 Å². The summed E-state index contributed by atoms with van der Waals surface area (Å²) in [5.74, 6) is -1.03. The molecule has 2 amide bonds. The SMILES string of the molecule is CCN(C(=O)c1cc(C[C@@H](C)O)c(C(=O)C(N)C(C)C)c(N2C(=O)C(N)CCc3ccccc32)c1C)c1oc2ccccc2c1Br. The molecule has 5 rings (SSSR count). The zero-order chi connectivity index (χ0) is 33.4. The van der Waals surface area contributed by atoms with E-state index in [1.54, 1.807) is 19.9 Å². The maximum absolute atomic E-state index is 14.6. The Labute approximate surface area is 277 Å². The summed E-state index contributed by atoms with van der Waals surface area (Å²) in [6, 6.07) is 14.9. The fraction of sp³-hybridized carbons (Fsp3) is 0.361. The standard InChI is InChI=1S/C36H41BrN4O5/c1-6-40(36-30(37)24-12-8-10-14-28(24)46-36)34(44)25-18-23(17-20(4)42)29(33(43)31(39)19(2)3)32(21(25)5)41-27-13-9-7-11-22(27)15-16-26(38)35(41)45/h7-14,18-20,26,31,42H,6,15-17,38-39H2,1-5H3/t20-,26?,31?/m1/s1. The quantitative estimate of drug-likeness (QED) is 0.178. The van der Waals surface area contributed by atoms with Gasteiger partial charge in [0.25, 0.3) is 5.91 Å². The smallest absolute Gasteiger partial charge is 0.260 e. The minimum Gasteiger partial charge on any atom is -0.439 e. The number of halogens is 1. The number of hydrogen-bond donors (Lipinski definition) is 3. The van der Waals surface area contributed by atoms with Crippen molar-refractivity contribution in [1.29, 1.82) is 0 Å². The molecule has 3 aromatic carbocycles. The number of anilines is 3. The molecule has 0 fully saturated rings. The van der Waals surface area contributed by atoms with E-state index >= 15 is 0 Å². The zero-order valence-corrected chi connectivity index (χ0v) is 28.4. The molecule has 0 radical (unpaired) electrons. The zero-order valence-electron chi connectivity index (χ0n) is 26.8. The van der Waals surface area contributed by atoms with E-state index in [0.29, 0.717) is 45.6 Å². The first-order valence-corrected chi connectivity index (χ1v) is 16.5. The number of para-hydroxylation sites is 2. The van der Waals surface area contributed by atoms with Gasteiger partial charge in [-0.3, -0.25) is 24.2 Å². The number of carbonyl (C=O) groups excluding carboxylic acids is 3. The lowest BCUT2D eigenvalue weighted by atomic mass is 9.85. The van der Waals surface area contributed by atoms with Crippen LogP contribution in [0.3, 0.4) is 0 Å². The van der Waals surface area contributed by atoms with Crippen LogP contribution in [0.25, 0.3) is 11.0 Å². The van der Waals surface area contributed by atoms with Crippen LogP contribution in [-0.4, -0.2) is 47.4 Å². The molecule has 3 atom stereocenters. The molecule has 0 saturated heterocycles. The number of ketones is 1. The number of aliphatic hydroxyl groups is 1. The van der Waals surface area contributed by atoms with Crippen molar-refractivity contribution in [3.63, 3.8) is 0 Å². The van der Waals surface area contributed by atoms with Crippen LogP contribution in [0.1, 0.15) is 71.5 Å². The van der Waals surface area contributed by atoms with Crippen LogP contribution >= 0.6 is 15.9 Å². The Balaban J connectivity index is 1.83. The Kier molecular flexibility index (Phi) is 9.83. The highest BCUT2D eigenvalue weighted by Gasteiger charge is 2.38. The van der Waals surface area contributed by atoms with Gasteiger partial charge in [-0.1, -0.05) is 44.2 Å². The summed E-state index contributed by atoms with van der Waals surface area (Å²) in [5, 5.41) is 11.5. The Morgan fingerprint density at radius 3 is 2.46 bits per heavy atom. The van der Waals surface area contributed by atoms with E-state index in [4.69, 9.17) is 15.9 Å². The van der Waals surface area contributed by atoms with Gasteiger partial charge in [-0.15, -0.1) is 0 Å². The van der Waals surface area contributed by atoms with Crippen LogP contribution in [0.4, 0.5) is 17.3 Å². The van der Waals surface area contributed by atoms with Gasteiger partial charge in [0.2, 0.25) is 11.8 Å². The van der Waals surface area contributed by atoms with Gasteiger partial charge in [-0.2, -0.15) is 0 Å². The van der Waals surface area contributed by atoms with Gasteiger partial charge in [0.15, 0.2) is 5.78 Å². The Bertz CT molecular complexity index is 1810. The summed E-state index contributed by atoms with van der Waals surface area (Å²) in [4.78, 5) is 46.2. The van der Waals surface area contributed by atoms with Crippen LogP contribution in [0.2, 0.25) is 0 Å². The molecular formula is C36H41BrN4O5. The van der Waals surface area contributed by atoms with Crippen LogP contribution in [0.15, 0.2) is 63.5 Å². The number of nitrogens with zero attached hydrogens (tertiary/aromatic N) is 2. The highest BCUT2D eigenvalue weighted by Crippen LogP contribution is 2.43. The van der Waals surface area contributed by atoms with Gasteiger partial charge in [0, 0.05) is 23.1 Å². The van der Waals surface area contributed by atoms with Crippen molar-refractivity contribution in [2.75, 3.05) is 16.3 Å².